The molecule has 0 aliphatic heterocycles. The van der Waals surface area contributed by atoms with Crippen LogP contribution in [0.2, 0.25) is 0 Å². The van der Waals surface area contributed by atoms with Gasteiger partial charge in [-0.25, -0.2) is 4.79 Å². The second kappa shape index (κ2) is 8.58. The quantitative estimate of drug-likeness (QED) is 0.596. The van der Waals surface area contributed by atoms with Crippen LogP contribution in [0.5, 0.6) is 0 Å². The van der Waals surface area contributed by atoms with Crippen LogP contribution in [-0.2, 0) is 0 Å². The Hall–Kier alpha value is -1.49. The van der Waals surface area contributed by atoms with Gasteiger partial charge in [-0.05, 0) is 37.0 Å². The molecule has 0 aliphatic rings. The minimum atomic E-state index is -0.234. The second-order valence-corrected chi connectivity index (χ2v) is 5.46. The van der Waals surface area contributed by atoms with Crippen LogP contribution >= 0.6 is 11.8 Å². The molecule has 0 fully saturated rings. The Morgan fingerprint density at radius 3 is 2.79 bits per heavy atom. The molecule has 0 radical (unpaired) electrons. The molecule has 0 saturated carbocycles. The first-order valence-electron chi connectivity index (χ1n) is 6.37. The van der Waals surface area contributed by atoms with E-state index in [1.165, 1.54) is 6.92 Å². The normalized spacial score (nSPS) is 10.0. The Labute approximate surface area is 118 Å². The molecule has 2 N–H and O–H groups in total. The number of urea groups is 1. The molecule has 0 bridgehead atoms. The van der Waals surface area contributed by atoms with Gasteiger partial charge in [-0.2, -0.15) is 11.8 Å². The number of carbonyl (C=O) groups excluding carboxylic acids is 2. The predicted molar refractivity (Wildman–Crippen MR) is 81.1 cm³/mol. The van der Waals surface area contributed by atoms with Gasteiger partial charge in [-0.15, -0.1) is 0 Å². The van der Waals surface area contributed by atoms with Crippen molar-refractivity contribution in [3.63, 3.8) is 0 Å². The zero-order chi connectivity index (χ0) is 14.1. The maximum Gasteiger partial charge on any atom is 0.319 e. The monoisotopic (exact) mass is 280 g/mol. The van der Waals surface area contributed by atoms with Crippen LogP contribution in [0.15, 0.2) is 24.3 Å². The van der Waals surface area contributed by atoms with E-state index in [4.69, 9.17) is 0 Å². The number of amides is 2. The number of Topliss-reactive ketones (excluding diaryl/α,β-unsaturated/α-hetero) is 1. The number of anilines is 1. The van der Waals surface area contributed by atoms with Crippen LogP contribution in [0.1, 0.15) is 30.6 Å². The van der Waals surface area contributed by atoms with Crippen molar-refractivity contribution in [2.45, 2.75) is 20.3 Å². The van der Waals surface area contributed by atoms with E-state index in [1.807, 2.05) is 11.8 Å². The third-order valence-corrected chi connectivity index (χ3v) is 3.47. The van der Waals surface area contributed by atoms with Crippen LogP contribution in [-0.4, -0.2) is 29.9 Å². The molecular formula is C14H20N2O2S. The minimum absolute atomic E-state index is 0.0133. The fourth-order valence-electron chi connectivity index (χ4n) is 1.51. The van der Waals surface area contributed by atoms with Gasteiger partial charge in [0.15, 0.2) is 5.78 Å². The Balaban J connectivity index is 2.35. The first-order valence-corrected chi connectivity index (χ1v) is 7.52. The molecule has 0 saturated heterocycles. The average molecular weight is 280 g/mol. The van der Waals surface area contributed by atoms with Gasteiger partial charge in [0.2, 0.25) is 0 Å². The van der Waals surface area contributed by atoms with Gasteiger partial charge >= 0.3 is 6.03 Å². The lowest BCUT2D eigenvalue weighted by Crippen LogP contribution is -2.29. The predicted octanol–water partition coefficient (Wildman–Crippen LogP) is 3.15. The molecule has 0 spiro atoms. The number of hydrogen-bond acceptors (Lipinski definition) is 3. The topological polar surface area (TPSA) is 58.2 Å². The van der Waals surface area contributed by atoms with Crippen molar-refractivity contribution < 1.29 is 9.59 Å². The highest BCUT2D eigenvalue weighted by Gasteiger charge is 2.03. The molecule has 0 unspecified atom stereocenters. The largest absolute Gasteiger partial charge is 0.338 e. The summed E-state index contributed by atoms with van der Waals surface area (Å²) in [7, 11) is 0. The third-order valence-electron chi connectivity index (χ3n) is 2.48. The maximum atomic E-state index is 11.6. The van der Waals surface area contributed by atoms with E-state index in [0.717, 1.165) is 17.9 Å². The van der Waals surface area contributed by atoms with Crippen LogP contribution in [0, 0.1) is 0 Å². The SMILES string of the molecule is CCSCCCNC(=O)Nc1cccc(C(C)=O)c1. The van der Waals surface area contributed by atoms with Crippen molar-refractivity contribution in [3.05, 3.63) is 29.8 Å². The summed E-state index contributed by atoms with van der Waals surface area (Å²) in [5.41, 5.74) is 1.23. The van der Waals surface area contributed by atoms with E-state index < -0.39 is 0 Å². The third kappa shape index (κ3) is 6.29. The van der Waals surface area contributed by atoms with Gasteiger partial charge < -0.3 is 10.6 Å². The Morgan fingerprint density at radius 1 is 1.32 bits per heavy atom. The fourth-order valence-corrected chi connectivity index (χ4v) is 2.15. The lowest BCUT2D eigenvalue weighted by atomic mass is 10.1. The molecule has 0 aliphatic carbocycles. The molecule has 0 heterocycles. The van der Waals surface area contributed by atoms with E-state index in [9.17, 15) is 9.59 Å². The lowest BCUT2D eigenvalue weighted by molar-refractivity contribution is 0.101. The Bertz CT molecular complexity index is 435. The summed E-state index contributed by atoms with van der Waals surface area (Å²) in [4.78, 5) is 22.8. The minimum Gasteiger partial charge on any atom is -0.338 e. The molecule has 1 aromatic carbocycles. The highest BCUT2D eigenvalue weighted by Crippen LogP contribution is 2.10. The summed E-state index contributed by atoms with van der Waals surface area (Å²) < 4.78 is 0. The van der Waals surface area contributed by atoms with E-state index in [1.54, 1.807) is 24.3 Å². The molecule has 1 aromatic rings. The van der Waals surface area contributed by atoms with Gasteiger partial charge in [-0.1, -0.05) is 19.1 Å². The van der Waals surface area contributed by atoms with Crippen LogP contribution in [0.25, 0.3) is 0 Å². The number of carbonyl (C=O) groups is 2. The van der Waals surface area contributed by atoms with Crippen molar-refractivity contribution in [1.82, 2.24) is 5.32 Å². The number of hydrogen-bond donors (Lipinski definition) is 2. The summed E-state index contributed by atoms with van der Waals surface area (Å²) in [5, 5.41) is 5.51. The van der Waals surface area contributed by atoms with Gasteiger partial charge in [-0.3, -0.25) is 4.79 Å². The number of rotatable bonds is 7. The van der Waals surface area contributed by atoms with E-state index in [0.29, 0.717) is 17.8 Å². The van der Waals surface area contributed by atoms with Gasteiger partial charge in [0, 0.05) is 17.8 Å². The number of ketones is 1. The highest BCUT2D eigenvalue weighted by atomic mass is 32.2. The zero-order valence-corrected chi connectivity index (χ0v) is 12.2. The number of nitrogens with one attached hydrogen (secondary N) is 2. The van der Waals surface area contributed by atoms with Crippen molar-refractivity contribution in [3.8, 4) is 0 Å². The number of thioether (sulfide) groups is 1. The number of benzene rings is 1. The Morgan fingerprint density at radius 2 is 2.11 bits per heavy atom. The summed E-state index contributed by atoms with van der Waals surface area (Å²) in [5.74, 6) is 2.14. The van der Waals surface area contributed by atoms with Crippen molar-refractivity contribution in [1.29, 1.82) is 0 Å². The summed E-state index contributed by atoms with van der Waals surface area (Å²) in [6.45, 7) is 4.28. The molecule has 4 nitrogen and oxygen atoms in total. The first kappa shape index (κ1) is 15.6. The molecule has 5 heteroatoms. The van der Waals surface area contributed by atoms with Crippen LogP contribution in [0.4, 0.5) is 10.5 Å². The summed E-state index contributed by atoms with van der Waals surface area (Å²) in [6.07, 6.45) is 0.958. The van der Waals surface area contributed by atoms with E-state index in [-0.39, 0.29) is 11.8 Å². The van der Waals surface area contributed by atoms with Gasteiger partial charge in [0.05, 0.1) is 0 Å². The van der Waals surface area contributed by atoms with E-state index in [2.05, 4.69) is 17.6 Å². The van der Waals surface area contributed by atoms with Gasteiger partial charge in [0.1, 0.15) is 0 Å². The molecule has 1 rings (SSSR count). The standard InChI is InChI=1S/C14H20N2O2S/c1-3-19-9-5-8-15-14(18)16-13-7-4-6-12(10-13)11(2)17/h4,6-7,10H,3,5,8-9H2,1-2H3,(H2,15,16,18). The lowest BCUT2D eigenvalue weighted by Gasteiger charge is -2.08. The smallest absolute Gasteiger partial charge is 0.319 e. The van der Waals surface area contributed by atoms with Crippen molar-refractivity contribution in [2.24, 2.45) is 0 Å². The molecule has 0 aromatic heterocycles. The molecular weight excluding hydrogens is 260 g/mol. The average Bonchev–Trinajstić information content (AvgIpc) is 2.38. The molecule has 104 valence electrons. The second-order valence-electron chi connectivity index (χ2n) is 4.07. The summed E-state index contributed by atoms with van der Waals surface area (Å²) >= 11 is 1.86. The fraction of sp³-hybridized carbons (Fsp3) is 0.429. The van der Waals surface area contributed by atoms with Crippen molar-refractivity contribution >= 4 is 29.3 Å². The zero-order valence-electron chi connectivity index (χ0n) is 11.4. The summed E-state index contributed by atoms with van der Waals surface area (Å²) in [6, 6.07) is 6.69. The van der Waals surface area contributed by atoms with Crippen LogP contribution < -0.4 is 10.6 Å². The highest BCUT2D eigenvalue weighted by molar-refractivity contribution is 7.99. The first-order chi connectivity index (χ1) is 9.13. The molecule has 2 amide bonds. The van der Waals surface area contributed by atoms with Crippen LogP contribution in [0.3, 0.4) is 0 Å². The molecule has 19 heavy (non-hydrogen) atoms. The molecule has 0 atom stereocenters. The van der Waals surface area contributed by atoms with Gasteiger partial charge in [0.25, 0.3) is 0 Å². The Kier molecular flexibility index (Phi) is 7.03. The maximum absolute atomic E-state index is 11.6. The van der Waals surface area contributed by atoms with E-state index >= 15 is 0 Å². The van der Waals surface area contributed by atoms with Crippen molar-refractivity contribution in [2.75, 3.05) is 23.4 Å².